The molecule has 0 unspecified atom stereocenters. The number of aliphatic hydroxyl groups excluding tert-OH is 1. The molecule has 1 aliphatic carbocycles. The van der Waals surface area contributed by atoms with Crippen molar-refractivity contribution < 1.29 is 14.8 Å². The SMILES string of the molecule is NCc1cccc(C2CC[N+](=C(O)/C=C/c3ccc(C4CC4)c(O)c3)CC2)c1. The minimum atomic E-state index is 0.292. The van der Waals surface area contributed by atoms with Gasteiger partial charge < -0.3 is 15.9 Å². The molecule has 4 rings (SSSR count). The van der Waals surface area contributed by atoms with E-state index in [0.29, 0.717) is 30.0 Å². The number of benzene rings is 2. The minimum absolute atomic E-state index is 0.292. The van der Waals surface area contributed by atoms with Gasteiger partial charge in [-0.3, -0.25) is 0 Å². The van der Waals surface area contributed by atoms with Crippen molar-refractivity contribution in [3.63, 3.8) is 0 Å². The molecule has 146 valence electrons. The predicted molar refractivity (Wildman–Crippen MR) is 113 cm³/mol. The van der Waals surface area contributed by atoms with Crippen LogP contribution in [-0.4, -0.2) is 33.8 Å². The predicted octanol–water partition coefficient (Wildman–Crippen LogP) is 4.29. The van der Waals surface area contributed by atoms with Crippen LogP contribution in [-0.2, 0) is 6.54 Å². The van der Waals surface area contributed by atoms with E-state index in [9.17, 15) is 10.2 Å². The van der Waals surface area contributed by atoms with E-state index in [0.717, 1.165) is 37.1 Å². The maximum absolute atomic E-state index is 10.5. The molecule has 2 aliphatic rings. The summed E-state index contributed by atoms with van der Waals surface area (Å²) in [6.07, 6.45) is 7.97. The van der Waals surface area contributed by atoms with Crippen molar-refractivity contribution >= 4 is 12.0 Å². The summed E-state index contributed by atoms with van der Waals surface area (Å²) < 4.78 is 2.03. The van der Waals surface area contributed by atoms with Gasteiger partial charge in [-0.2, -0.15) is 4.58 Å². The van der Waals surface area contributed by atoms with Crippen molar-refractivity contribution in [3.05, 3.63) is 70.8 Å². The number of rotatable bonds is 5. The minimum Gasteiger partial charge on any atom is -0.508 e. The second-order valence-corrected chi connectivity index (χ2v) is 7.99. The molecule has 2 aromatic rings. The number of hydrogen-bond donors (Lipinski definition) is 3. The molecule has 4 heteroatoms. The van der Waals surface area contributed by atoms with Gasteiger partial charge >= 0.3 is 5.90 Å². The monoisotopic (exact) mass is 377 g/mol. The van der Waals surface area contributed by atoms with Crippen LogP contribution < -0.4 is 5.73 Å². The molecule has 2 aromatic carbocycles. The van der Waals surface area contributed by atoms with E-state index in [1.54, 1.807) is 12.1 Å². The van der Waals surface area contributed by atoms with Crippen LogP contribution >= 0.6 is 0 Å². The summed E-state index contributed by atoms with van der Waals surface area (Å²) in [5, 5.41) is 20.6. The van der Waals surface area contributed by atoms with E-state index in [1.165, 1.54) is 24.0 Å². The standard InChI is InChI=1S/C24H28N2O2/c25-16-18-2-1-3-21(14-18)19-10-12-26(13-11-19)24(28)9-5-17-4-8-22(20-6-7-20)23(27)15-17/h1-5,8-9,14-15,19-20,27H,6-7,10-13,16,25H2/p+1/b9-5+. The number of aromatic hydroxyl groups is 1. The molecular formula is C24H29N2O2+. The molecule has 2 fully saturated rings. The first-order chi connectivity index (χ1) is 13.6. The first kappa shape index (κ1) is 18.8. The van der Waals surface area contributed by atoms with Crippen LogP contribution in [0.5, 0.6) is 5.75 Å². The molecule has 1 saturated carbocycles. The maximum Gasteiger partial charge on any atom is 0.359 e. The summed E-state index contributed by atoms with van der Waals surface area (Å²) in [6.45, 7) is 2.24. The number of piperidine rings is 1. The Balaban J connectivity index is 1.39. The number of aliphatic hydroxyl groups is 1. The van der Waals surface area contributed by atoms with E-state index < -0.39 is 0 Å². The summed E-state index contributed by atoms with van der Waals surface area (Å²) in [7, 11) is 0. The van der Waals surface area contributed by atoms with E-state index >= 15 is 0 Å². The fraction of sp³-hybridized carbons (Fsp3) is 0.375. The normalized spacial score (nSPS) is 19.9. The smallest absolute Gasteiger partial charge is 0.359 e. The van der Waals surface area contributed by atoms with Gasteiger partial charge in [0.05, 0.1) is 6.08 Å². The third-order valence-electron chi connectivity index (χ3n) is 5.97. The van der Waals surface area contributed by atoms with Crippen molar-refractivity contribution in [1.82, 2.24) is 0 Å². The number of phenolic OH excluding ortho intramolecular Hbond substituents is 1. The Kier molecular flexibility index (Phi) is 5.49. The first-order valence-corrected chi connectivity index (χ1v) is 10.2. The third kappa shape index (κ3) is 4.28. The van der Waals surface area contributed by atoms with Gasteiger partial charge in [0, 0.05) is 19.4 Å². The number of phenols is 1. The summed E-state index contributed by atoms with van der Waals surface area (Å²) >= 11 is 0. The van der Waals surface area contributed by atoms with Gasteiger partial charge in [0.2, 0.25) is 0 Å². The average Bonchev–Trinajstić information content (AvgIpc) is 3.57. The summed E-state index contributed by atoms with van der Waals surface area (Å²) in [5.74, 6) is 1.71. The largest absolute Gasteiger partial charge is 0.508 e. The zero-order valence-electron chi connectivity index (χ0n) is 16.2. The quantitative estimate of drug-likeness (QED) is 0.538. The molecular weight excluding hydrogens is 348 g/mol. The lowest BCUT2D eigenvalue weighted by atomic mass is 9.89. The highest BCUT2D eigenvalue weighted by Crippen LogP contribution is 2.44. The number of hydrogen-bond acceptors (Lipinski definition) is 2. The first-order valence-electron chi connectivity index (χ1n) is 10.2. The van der Waals surface area contributed by atoms with Crippen molar-refractivity contribution in [3.8, 4) is 5.75 Å². The van der Waals surface area contributed by atoms with Gasteiger partial charge in [0.25, 0.3) is 0 Å². The van der Waals surface area contributed by atoms with Gasteiger partial charge in [-0.05, 0) is 59.1 Å². The van der Waals surface area contributed by atoms with Crippen molar-refractivity contribution in [1.29, 1.82) is 0 Å². The fourth-order valence-electron chi connectivity index (χ4n) is 4.10. The molecule has 0 atom stereocenters. The highest BCUT2D eigenvalue weighted by molar-refractivity contribution is 5.86. The number of nitrogens with two attached hydrogens (primary N) is 1. The second-order valence-electron chi connectivity index (χ2n) is 7.99. The average molecular weight is 378 g/mol. The lowest BCUT2D eigenvalue weighted by Gasteiger charge is -2.21. The third-order valence-corrected chi connectivity index (χ3v) is 5.97. The Labute approximate surface area is 166 Å². The van der Waals surface area contributed by atoms with Crippen LogP contribution in [0.2, 0.25) is 0 Å². The Hall–Kier alpha value is -2.59. The van der Waals surface area contributed by atoms with Crippen molar-refractivity contribution in [2.24, 2.45) is 5.73 Å². The molecule has 1 heterocycles. The summed E-state index contributed by atoms with van der Waals surface area (Å²) in [6, 6.07) is 14.3. The fourth-order valence-corrected chi connectivity index (χ4v) is 4.10. The van der Waals surface area contributed by atoms with Crippen molar-refractivity contribution in [2.75, 3.05) is 13.1 Å². The summed E-state index contributed by atoms with van der Waals surface area (Å²) in [4.78, 5) is 0. The highest BCUT2D eigenvalue weighted by atomic mass is 16.3. The lowest BCUT2D eigenvalue weighted by Crippen LogP contribution is -2.29. The Morgan fingerprint density at radius 3 is 2.50 bits per heavy atom. The molecule has 0 aromatic heterocycles. The van der Waals surface area contributed by atoms with E-state index in [-0.39, 0.29) is 0 Å². The van der Waals surface area contributed by atoms with Crippen LogP contribution in [0.25, 0.3) is 6.08 Å². The van der Waals surface area contributed by atoms with Gasteiger partial charge in [0.1, 0.15) is 18.8 Å². The molecule has 1 aliphatic heterocycles. The van der Waals surface area contributed by atoms with E-state index in [1.807, 2.05) is 22.8 Å². The van der Waals surface area contributed by atoms with E-state index in [4.69, 9.17) is 5.73 Å². The molecule has 0 amide bonds. The molecule has 0 spiro atoms. The van der Waals surface area contributed by atoms with Gasteiger partial charge in [-0.25, -0.2) is 0 Å². The number of nitrogens with zero attached hydrogens (tertiary/aromatic N) is 1. The second kappa shape index (κ2) is 8.19. The van der Waals surface area contributed by atoms with Gasteiger partial charge in [-0.15, -0.1) is 0 Å². The van der Waals surface area contributed by atoms with Gasteiger partial charge in [0.15, 0.2) is 0 Å². The van der Waals surface area contributed by atoms with Crippen LogP contribution in [0.1, 0.15) is 59.8 Å². The zero-order valence-corrected chi connectivity index (χ0v) is 16.2. The Bertz CT molecular complexity index is 903. The Morgan fingerprint density at radius 1 is 1.04 bits per heavy atom. The van der Waals surface area contributed by atoms with Crippen molar-refractivity contribution in [2.45, 2.75) is 44.1 Å². The van der Waals surface area contributed by atoms with Gasteiger partial charge in [-0.1, -0.05) is 36.4 Å². The molecule has 1 saturated heterocycles. The zero-order chi connectivity index (χ0) is 19.5. The Morgan fingerprint density at radius 2 is 1.82 bits per heavy atom. The van der Waals surface area contributed by atoms with Crippen LogP contribution in [0, 0.1) is 0 Å². The molecule has 0 bridgehead atoms. The molecule has 4 nitrogen and oxygen atoms in total. The molecule has 0 radical (unpaired) electrons. The highest BCUT2D eigenvalue weighted by Gasteiger charge is 2.26. The summed E-state index contributed by atoms with van der Waals surface area (Å²) in [5.41, 5.74) is 10.2. The van der Waals surface area contributed by atoms with E-state index in [2.05, 4.69) is 24.3 Å². The molecule has 4 N–H and O–H groups in total. The maximum atomic E-state index is 10.5. The lowest BCUT2D eigenvalue weighted by molar-refractivity contribution is -0.545. The molecule has 28 heavy (non-hydrogen) atoms. The van der Waals surface area contributed by atoms with Crippen LogP contribution in [0.15, 0.2) is 48.5 Å². The van der Waals surface area contributed by atoms with Crippen LogP contribution in [0.4, 0.5) is 0 Å². The van der Waals surface area contributed by atoms with Crippen LogP contribution in [0.3, 0.4) is 0 Å². The topological polar surface area (TPSA) is 69.5 Å².